The molecule has 0 amide bonds. The van der Waals surface area contributed by atoms with Gasteiger partial charge in [-0.1, -0.05) is 6.07 Å². The van der Waals surface area contributed by atoms with Crippen molar-refractivity contribution in [1.29, 1.82) is 0 Å². The number of carbonyl (C=O) groups excluding carboxylic acids is 1. The largest absolute Gasteiger partial charge is 0.349 e. The lowest BCUT2D eigenvalue weighted by Gasteiger charge is -2.07. The highest BCUT2D eigenvalue weighted by Crippen LogP contribution is 2.17. The smallest absolute Gasteiger partial charge is 0.268 e. The van der Waals surface area contributed by atoms with Crippen molar-refractivity contribution in [3.05, 3.63) is 92.1 Å². The number of nitro groups is 1. The molecule has 0 aliphatic carbocycles. The van der Waals surface area contributed by atoms with E-state index in [1.807, 2.05) is 6.92 Å². The SMILES string of the molecule is Cc1ccc(S(=O)(=O)n2ccn(C(=O)c3ccc([N+](=O)[O-])cc3)c2=O)cc1C. The molecule has 28 heavy (non-hydrogen) atoms. The van der Waals surface area contributed by atoms with E-state index in [0.717, 1.165) is 35.7 Å². The van der Waals surface area contributed by atoms with Gasteiger partial charge in [0.2, 0.25) is 0 Å². The fraction of sp³-hybridized carbons (Fsp3) is 0.111. The van der Waals surface area contributed by atoms with Gasteiger partial charge in [-0.3, -0.25) is 14.9 Å². The predicted octanol–water partition coefficient (Wildman–Crippen LogP) is 2.10. The summed E-state index contributed by atoms with van der Waals surface area (Å²) in [6.07, 6.45) is 2.04. The van der Waals surface area contributed by atoms with Crippen LogP contribution in [-0.4, -0.2) is 27.8 Å². The summed E-state index contributed by atoms with van der Waals surface area (Å²) >= 11 is 0. The van der Waals surface area contributed by atoms with Crippen molar-refractivity contribution < 1.29 is 18.1 Å². The molecule has 0 radical (unpaired) electrons. The van der Waals surface area contributed by atoms with Crippen LogP contribution < -0.4 is 5.69 Å². The van der Waals surface area contributed by atoms with Gasteiger partial charge in [0, 0.05) is 30.1 Å². The summed E-state index contributed by atoms with van der Waals surface area (Å²) in [5.41, 5.74) is 0.391. The Labute approximate surface area is 159 Å². The predicted molar refractivity (Wildman–Crippen MR) is 100 cm³/mol. The molecule has 0 bridgehead atoms. The number of carbonyl (C=O) groups is 1. The first-order chi connectivity index (χ1) is 13.1. The molecular formula is C18H15N3O6S. The number of hydrogen-bond donors (Lipinski definition) is 0. The molecule has 0 fully saturated rings. The van der Waals surface area contributed by atoms with Crippen LogP contribution in [0.25, 0.3) is 0 Å². The van der Waals surface area contributed by atoms with Gasteiger partial charge >= 0.3 is 5.69 Å². The molecule has 0 aliphatic heterocycles. The summed E-state index contributed by atoms with van der Waals surface area (Å²) in [5, 5.41) is 10.7. The van der Waals surface area contributed by atoms with Crippen LogP contribution in [0.4, 0.5) is 5.69 Å². The van der Waals surface area contributed by atoms with E-state index in [2.05, 4.69) is 0 Å². The highest BCUT2D eigenvalue weighted by Gasteiger charge is 2.23. The Bertz CT molecular complexity index is 1250. The maximum absolute atomic E-state index is 12.8. The van der Waals surface area contributed by atoms with Crippen molar-refractivity contribution in [3.8, 4) is 0 Å². The average molecular weight is 401 g/mol. The molecule has 1 heterocycles. The van der Waals surface area contributed by atoms with Crippen molar-refractivity contribution in [2.45, 2.75) is 18.7 Å². The number of nitro benzene ring substituents is 1. The van der Waals surface area contributed by atoms with Gasteiger partial charge in [-0.15, -0.1) is 0 Å². The Morgan fingerprint density at radius 3 is 2.21 bits per heavy atom. The molecule has 3 rings (SSSR count). The maximum atomic E-state index is 12.8. The molecule has 9 nitrogen and oxygen atoms in total. The maximum Gasteiger partial charge on any atom is 0.349 e. The third kappa shape index (κ3) is 3.25. The molecule has 144 valence electrons. The van der Waals surface area contributed by atoms with Crippen molar-refractivity contribution in [2.75, 3.05) is 0 Å². The van der Waals surface area contributed by atoms with Gasteiger partial charge in [0.15, 0.2) is 0 Å². The number of nitrogens with zero attached hydrogens (tertiary/aromatic N) is 3. The summed E-state index contributed by atoms with van der Waals surface area (Å²) in [6.45, 7) is 3.58. The van der Waals surface area contributed by atoms with E-state index in [4.69, 9.17) is 0 Å². The minimum absolute atomic E-state index is 0.00836. The summed E-state index contributed by atoms with van der Waals surface area (Å²) in [4.78, 5) is 35.1. The van der Waals surface area contributed by atoms with Gasteiger partial charge in [0.1, 0.15) is 0 Å². The van der Waals surface area contributed by atoms with Gasteiger partial charge in [0.25, 0.3) is 21.6 Å². The summed E-state index contributed by atoms with van der Waals surface area (Å²) in [6, 6.07) is 9.12. The third-order valence-electron chi connectivity index (χ3n) is 4.32. The highest BCUT2D eigenvalue weighted by atomic mass is 32.2. The van der Waals surface area contributed by atoms with Crippen molar-refractivity contribution in [1.82, 2.24) is 8.54 Å². The monoisotopic (exact) mass is 401 g/mol. The second kappa shape index (κ2) is 6.89. The molecule has 1 aromatic heterocycles. The number of rotatable bonds is 4. The van der Waals surface area contributed by atoms with Crippen LogP contribution in [0, 0.1) is 24.0 Å². The lowest BCUT2D eigenvalue weighted by Crippen LogP contribution is -2.32. The van der Waals surface area contributed by atoms with E-state index >= 15 is 0 Å². The van der Waals surface area contributed by atoms with Gasteiger partial charge in [-0.25, -0.2) is 17.8 Å². The van der Waals surface area contributed by atoms with E-state index in [9.17, 15) is 28.1 Å². The zero-order chi connectivity index (χ0) is 20.6. The fourth-order valence-corrected chi connectivity index (χ4v) is 3.85. The highest BCUT2D eigenvalue weighted by molar-refractivity contribution is 7.90. The van der Waals surface area contributed by atoms with Crippen molar-refractivity contribution in [2.24, 2.45) is 0 Å². The first kappa shape index (κ1) is 19.2. The van der Waals surface area contributed by atoms with E-state index in [1.165, 1.54) is 24.3 Å². The molecule has 3 aromatic rings. The van der Waals surface area contributed by atoms with Crippen LogP contribution in [0.15, 0.2) is 64.5 Å². The number of benzene rings is 2. The van der Waals surface area contributed by atoms with E-state index in [-0.39, 0.29) is 16.1 Å². The second-order valence-electron chi connectivity index (χ2n) is 6.11. The molecule has 0 saturated heterocycles. The Morgan fingerprint density at radius 2 is 1.64 bits per heavy atom. The third-order valence-corrected chi connectivity index (χ3v) is 5.97. The number of non-ortho nitro benzene ring substituents is 1. The van der Waals surface area contributed by atoms with E-state index in [1.54, 1.807) is 13.0 Å². The minimum Gasteiger partial charge on any atom is -0.268 e. The van der Waals surface area contributed by atoms with Crippen LogP contribution in [0.3, 0.4) is 0 Å². The van der Waals surface area contributed by atoms with Crippen LogP contribution in [0.1, 0.15) is 21.5 Å². The summed E-state index contributed by atoms with van der Waals surface area (Å²) in [5.74, 6) is -0.797. The van der Waals surface area contributed by atoms with Crippen LogP contribution in [-0.2, 0) is 10.0 Å². The Hall–Kier alpha value is -3.53. The number of imidazole rings is 1. The Morgan fingerprint density at radius 1 is 1.00 bits per heavy atom. The van der Waals surface area contributed by atoms with Crippen molar-refractivity contribution in [3.63, 3.8) is 0 Å². The molecule has 0 unspecified atom stereocenters. The lowest BCUT2D eigenvalue weighted by atomic mass is 10.1. The lowest BCUT2D eigenvalue weighted by molar-refractivity contribution is -0.384. The Kier molecular flexibility index (Phi) is 4.73. The van der Waals surface area contributed by atoms with E-state index < -0.39 is 26.5 Å². The number of aromatic nitrogens is 2. The summed E-state index contributed by atoms with van der Waals surface area (Å²) < 4.78 is 26.7. The fourth-order valence-electron chi connectivity index (χ4n) is 2.55. The minimum atomic E-state index is -4.18. The molecule has 0 spiro atoms. The van der Waals surface area contributed by atoms with Gasteiger partial charge in [-0.2, -0.15) is 3.97 Å². The molecule has 0 atom stereocenters. The quantitative estimate of drug-likeness (QED) is 0.487. The molecular weight excluding hydrogens is 386 g/mol. The topological polar surface area (TPSA) is 121 Å². The van der Waals surface area contributed by atoms with Gasteiger partial charge < -0.3 is 0 Å². The number of aryl methyl sites for hydroxylation is 2. The van der Waals surface area contributed by atoms with Gasteiger partial charge in [0.05, 0.1) is 9.82 Å². The molecule has 0 saturated carbocycles. The average Bonchev–Trinajstić information content (AvgIpc) is 3.05. The molecule has 2 aromatic carbocycles. The molecule has 10 heteroatoms. The first-order valence-electron chi connectivity index (χ1n) is 8.05. The normalized spacial score (nSPS) is 11.4. The Balaban J connectivity index is 2.01. The second-order valence-corrected chi connectivity index (χ2v) is 7.92. The number of hydrogen-bond acceptors (Lipinski definition) is 6. The zero-order valence-electron chi connectivity index (χ0n) is 14.9. The molecule has 0 aliphatic rings. The molecule has 0 N–H and O–H groups in total. The zero-order valence-corrected chi connectivity index (χ0v) is 15.7. The van der Waals surface area contributed by atoms with Crippen LogP contribution in [0.2, 0.25) is 0 Å². The van der Waals surface area contributed by atoms with Gasteiger partial charge in [-0.05, 0) is 49.2 Å². The van der Waals surface area contributed by atoms with Crippen LogP contribution >= 0.6 is 0 Å². The van der Waals surface area contributed by atoms with Crippen molar-refractivity contribution >= 4 is 21.6 Å². The standard InChI is InChI=1S/C18H15N3O6S/c1-12-3-8-16(11-13(12)2)28(26,27)20-10-9-19(18(20)23)17(22)14-4-6-15(7-5-14)21(24)25/h3-11H,1-2H3. The summed E-state index contributed by atoms with van der Waals surface area (Å²) in [7, 11) is -4.18. The van der Waals surface area contributed by atoms with E-state index in [0.29, 0.717) is 8.54 Å². The first-order valence-corrected chi connectivity index (χ1v) is 9.49. The van der Waals surface area contributed by atoms with Crippen LogP contribution in [0.5, 0.6) is 0 Å².